The summed E-state index contributed by atoms with van der Waals surface area (Å²) in [6, 6.07) is -2.31. The van der Waals surface area contributed by atoms with Crippen LogP contribution in [0.3, 0.4) is 0 Å². The van der Waals surface area contributed by atoms with Crippen molar-refractivity contribution in [2.24, 2.45) is 0 Å². The van der Waals surface area contributed by atoms with Crippen LogP contribution in [0.2, 0.25) is 0 Å². The highest BCUT2D eigenvalue weighted by Gasteiger charge is 2.29. The third-order valence-corrected chi connectivity index (χ3v) is 6.79. The van der Waals surface area contributed by atoms with Crippen LogP contribution in [0.25, 0.3) is 0 Å². The summed E-state index contributed by atoms with van der Waals surface area (Å²) in [5.74, 6) is -2.53. The highest BCUT2D eigenvalue weighted by molar-refractivity contribution is 5.93. The SMILES string of the molecule is CCCCCCN(C)CC(=O)[C@H](CC(=O)[O-])NC(=O)[C@@H](CC)n1cc(C(C)(C)C)nc(NCc2nonc2C)c1=O. The minimum atomic E-state index is -1.46. The first-order valence-electron chi connectivity index (χ1n) is 14.1. The summed E-state index contributed by atoms with van der Waals surface area (Å²) < 4.78 is 5.99. The predicted octanol–water partition coefficient (Wildman–Crippen LogP) is 1.50. The fraction of sp³-hybridized carbons (Fsp3) is 0.679. The number of Topliss-reactive ketones (excluding diaryl/α,β-unsaturated/α-hetero) is 1. The van der Waals surface area contributed by atoms with Crippen molar-refractivity contribution in [2.45, 2.75) is 104 Å². The molecular formula is C28H44N7O6-. The zero-order valence-corrected chi connectivity index (χ0v) is 25.3. The van der Waals surface area contributed by atoms with Gasteiger partial charge < -0.3 is 20.5 Å². The lowest BCUT2D eigenvalue weighted by molar-refractivity contribution is -0.306. The number of hydrogen-bond acceptors (Lipinski definition) is 11. The number of likely N-dealkylation sites (N-methyl/N-ethyl adjacent to an activating group) is 1. The van der Waals surface area contributed by atoms with Crippen LogP contribution in [0.1, 0.15) is 96.3 Å². The molecule has 2 heterocycles. The van der Waals surface area contributed by atoms with Crippen LogP contribution in [-0.2, 0) is 26.3 Å². The summed E-state index contributed by atoms with van der Waals surface area (Å²) in [4.78, 5) is 57.8. The highest BCUT2D eigenvalue weighted by Crippen LogP contribution is 2.22. The lowest BCUT2D eigenvalue weighted by Crippen LogP contribution is -2.50. The van der Waals surface area contributed by atoms with Gasteiger partial charge in [-0.05, 0) is 33.4 Å². The van der Waals surface area contributed by atoms with Crippen LogP contribution in [0.5, 0.6) is 0 Å². The first kappa shape index (κ1) is 33.6. The van der Waals surface area contributed by atoms with Crippen molar-refractivity contribution in [2.75, 3.05) is 25.5 Å². The van der Waals surface area contributed by atoms with Crippen LogP contribution in [0.15, 0.2) is 15.6 Å². The van der Waals surface area contributed by atoms with E-state index in [4.69, 9.17) is 4.63 Å². The Morgan fingerprint density at radius 1 is 1.15 bits per heavy atom. The molecule has 41 heavy (non-hydrogen) atoms. The maximum atomic E-state index is 13.5. The Labute approximate surface area is 241 Å². The van der Waals surface area contributed by atoms with Gasteiger partial charge >= 0.3 is 0 Å². The second-order valence-corrected chi connectivity index (χ2v) is 11.4. The zero-order chi connectivity index (χ0) is 30.7. The lowest BCUT2D eigenvalue weighted by Gasteiger charge is -2.26. The topological polar surface area (TPSA) is 175 Å². The molecule has 0 aliphatic carbocycles. The highest BCUT2D eigenvalue weighted by atomic mass is 16.6. The van der Waals surface area contributed by atoms with Gasteiger partial charge in [-0.2, -0.15) is 0 Å². The summed E-state index contributed by atoms with van der Waals surface area (Å²) in [6.07, 6.45) is 5.21. The van der Waals surface area contributed by atoms with E-state index in [1.165, 1.54) is 10.8 Å². The molecule has 0 saturated heterocycles. The van der Waals surface area contributed by atoms with Crippen LogP contribution < -0.4 is 21.3 Å². The van der Waals surface area contributed by atoms with Crippen molar-refractivity contribution in [3.63, 3.8) is 0 Å². The monoisotopic (exact) mass is 574 g/mol. The Morgan fingerprint density at radius 3 is 2.41 bits per heavy atom. The molecule has 2 atom stereocenters. The molecule has 0 saturated carbocycles. The van der Waals surface area contributed by atoms with E-state index in [0.29, 0.717) is 23.6 Å². The minimum absolute atomic E-state index is 0.0122. The number of rotatable bonds is 17. The summed E-state index contributed by atoms with van der Waals surface area (Å²) >= 11 is 0. The average molecular weight is 575 g/mol. The van der Waals surface area contributed by atoms with E-state index in [1.54, 1.807) is 20.9 Å². The number of carboxylic acids is 1. The number of nitrogens with one attached hydrogen (secondary N) is 2. The second kappa shape index (κ2) is 15.4. The standard InChI is InChI=1S/C28H45N7O6/c1-8-10-11-12-13-34(7)16-22(36)19(14-24(37)38)30-26(39)21(9-2)35-17-23(28(4,5)6)31-25(27(35)40)29-15-20-18(3)32-41-33-20/h17,19,21H,8-16H2,1-7H3,(H,29,31)(H,30,39)(H,37,38)/p-1/t19-,21+/m0/s1. The molecule has 0 aromatic carbocycles. The lowest BCUT2D eigenvalue weighted by atomic mass is 9.92. The Kier molecular flexibility index (Phi) is 12.6. The molecule has 2 N–H and O–H groups in total. The van der Waals surface area contributed by atoms with Crippen LogP contribution in [-0.4, -0.2) is 68.6 Å². The fourth-order valence-corrected chi connectivity index (χ4v) is 4.25. The normalized spacial score (nSPS) is 13.2. The van der Waals surface area contributed by atoms with Crippen LogP contribution in [0, 0.1) is 6.92 Å². The number of aryl methyl sites for hydroxylation is 1. The Bertz CT molecular complexity index is 1230. The van der Waals surface area contributed by atoms with E-state index in [1.807, 2.05) is 25.7 Å². The number of carbonyl (C=O) groups excluding carboxylic acids is 3. The van der Waals surface area contributed by atoms with Crippen molar-refractivity contribution in [3.8, 4) is 0 Å². The minimum Gasteiger partial charge on any atom is -0.550 e. The molecule has 2 aromatic heterocycles. The van der Waals surface area contributed by atoms with Gasteiger partial charge in [0, 0.05) is 24.0 Å². The molecular weight excluding hydrogens is 530 g/mol. The number of hydrogen-bond donors (Lipinski definition) is 2. The summed E-state index contributed by atoms with van der Waals surface area (Å²) in [7, 11) is 1.78. The fourth-order valence-electron chi connectivity index (χ4n) is 4.25. The van der Waals surface area contributed by atoms with Gasteiger partial charge in [-0.1, -0.05) is 64.2 Å². The summed E-state index contributed by atoms with van der Waals surface area (Å²) in [5.41, 5.74) is 0.589. The van der Waals surface area contributed by atoms with Gasteiger partial charge in [-0.25, -0.2) is 9.61 Å². The van der Waals surface area contributed by atoms with Crippen LogP contribution in [0.4, 0.5) is 5.82 Å². The molecule has 0 aliphatic rings. The van der Waals surface area contributed by atoms with Crippen molar-refractivity contribution < 1.29 is 24.1 Å². The molecule has 2 rings (SSSR count). The van der Waals surface area contributed by atoms with Gasteiger partial charge in [0.05, 0.1) is 24.8 Å². The Hall–Kier alpha value is -3.61. The molecule has 0 fully saturated rings. The van der Waals surface area contributed by atoms with Gasteiger partial charge in [0.2, 0.25) is 5.91 Å². The molecule has 0 aliphatic heterocycles. The molecule has 2 aromatic rings. The number of carboxylic acid groups (broad SMARTS) is 1. The largest absolute Gasteiger partial charge is 0.550 e. The smallest absolute Gasteiger partial charge is 0.294 e. The third-order valence-electron chi connectivity index (χ3n) is 6.79. The number of ketones is 1. The van der Waals surface area contributed by atoms with E-state index in [0.717, 1.165) is 25.7 Å². The quantitative estimate of drug-likeness (QED) is 0.262. The average Bonchev–Trinajstić information content (AvgIpc) is 3.30. The maximum absolute atomic E-state index is 13.5. The number of amides is 1. The van der Waals surface area contributed by atoms with Gasteiger partial charge in [0.15, 0.2) is 11.6 Å². The van der Waals surface area contributed by atoms with Gasteiger partial charge in [-0.3, -0.25) is 23.9 Å². The van der Waals surface area contributed by atoms with E-state index < -0.39 is 47.1 Å². The van der Waals surface area contributed by atoms with E-state index in [2.05, 4.69) is 32.9 Å². The molecule has 13 heteroatoms. The molecule has 13 nitrogen and oxygen atoms in total. The zero-order valence-electron chi connectivity index (χ0n) is 25.3. The molecule has 0 radical (unpaired) electrons. The van der Waals surface area contributed by atoms with E-state index in [9.17, 15) is 24.3 Å². The first-order chi connectivity index (χ1) is 19.3. The van der Waals surface area contributed by atoms with Crippen molar-refractivity contribution in [3.05, 3.63) is 33.6 Å². The predicted molar refractivity (Wildman–Crippen MR) is 151 cm³/mol. The van der Waals surface area contributed by atoms with Crippen molar-refractivity contribution in [1.82, 2.24) is 30.1 Å². The summed E-state index contributed by atoms with van der Waals surface area (Å²) in [6.45, 7) is 12.1. The number of aromatic nitrogens is 4. The molecule has 1 amide bonds. The second-order valence-electron chi connectivity index (χ2n) is 11.4. The van der Waals surface area contributed by atoms with E-state index in [-0.39, 0.29) is 25.3 Å². The Morgan fingerprint density at radius 2 is 1.85 bits per heavy atom. The van der Waals surface area contributed by atoms with Gasteiger partial charge in [-0.15, -0.1) is 0 Å². The van der Waals surface area contributed by atoms with Crippen molar-refractivity contribution >= 4 is 23.5 Å². The molecule has 0 spiro atoms. The summed E-state index contributed by atoms with van der Waals surface area (Å²) in [5, 5.41) is 24.6. The third kappa shape index (κ3) is 10.1. The number of carbonyl (C=O) groups is 3. The van der Waals surface area contributed by atoms with E-state index >= 15 is 0 Å². The number of nitrogens with zero attached hydrogens (tertiary/aromatic N) is 5. The number of anilines is 1. The van der Waals surface area contributed by atoms with Crippen LogP contribution >= 0.6 is 0 Å². The molecule has 0 bridgehead atoms. The number of unbranched alkanes of at least 4 members (excludes halogenated alkanes) is 3. The molecule has 228 valence electrons. The van der Waals surface area contributed by atoms with Crippen molar-refractivity contribution in [1.29, 1.82) is 0 Å². The van der Waals surface area contributed by atoms with Gasteiger partial charge in [0.25, 0.3) is 5.56 Å². The Balaban J connectivity index is 2.31. The van der Waals surface area contributed by atoms with Gasteiger partial charge in [0.1, 0.15) is 17.4 Å². The number of aliphatic carboxylic acids is 1. The first-order valence-corrected chi connectivity index (χ1v) is 14.1. The maximum Gasteiger partial charge on any atom is 0.294 e. The molecule has 0 unspecified atom stereocenters.